The van der Waals surface area contributed by atoms with Crippen molar-refractivity contribution in [2.45, 2.75) is 39.3 Å². The number of anilines is 1. The number of hydrogen-bond donors (Lipinski definition) is 1. The second-order valence-corrected chi connectivity index (χ2v) is 3.74. The van der Waals surface area contributed by atoms with Crippen LogP contribution in [0.1, 0.15) is 32.0 Å². The van der Waals surface area contributed by atoms with E-state index in [0.717, 1.165) is 11.6 Å². The zero-order valence-corrected chi connectivity index (χ0v) is 7.83. The highest BCUT2D eigenvalue weighted by Crippen LogP contribution is 2.25. The maximum atomic E-state index is 4.40. The monoisotopic (exact) mass is 165 g/mol. The fraction of sp³-hybridized carbons (Fsp3) is 0.667. The van der Waals surface area contributed by atoms with Crippen molar-refractivity contribution in [2.24, 2.45) is 0 Å². The SMILES string of the molecule is Cc1cn2c(n1)NC(C)CC2C. The lowest BCUT2D eigenvalue weighted by Crippen LogP contribution is -2.28. The van der Waals surface area contributed by atoms with Crippen molar-refractivity contribution in [3.63, 3.8) is 0 Å². The molecule has 0 aliphatic carbocycles. The van der Waals surface area contributed by atoms with Crippen LogP contribution in [0.5, 0.6) is 0 Å². The van der Waals surface area contributed by atoms with Gasteiger partial charge in [0.1, 0.15) is 0 Å². The lowest BCUT2D eigenvalue weighted by Gasteiger charge is -2.27. The molecule has 1 aliphatic heterocycles. The molecule has 0 amide bonds. The van der Waals surface area contributed by atoms with E-state index >= 15 is 0 Å². The Hall–Kier alpha value is -0.990. The summed E-state index contributed by atoms with van der Waals surface area (Å²) in [5.74, 6) is 1.03. The molecule has 0 spiro atoms. The average molecular weight is 165 g/mol. The summed E-state index contributed by atoms with van der Waals surface area (Å²) < 4.78 is 2.22. The van der Waals surface area contributed by atoms with E-state index in [1.165, 1.54) is 6.42 Å². The number of nitrogens with one attached hydrogen (secondary N) is 1. The molecule has 2 heterocycles. The number of rotatable bonds is 0. The molecule has 2 unspecified atom stereocenters. The molecule has 1 aromatic heterocycles. The minimum Gasteiger partial charge on any atom is -0.353 e. The van der Waals surface area contributed by atoms with Crippen LogP contribution in [0.2, 0.25) is 0 Å². The lowest BCUT2D eigenvalue weighted by atomic mass is 10.1. The summed E-state index contributed by atoms with van der Waals surface area (Å²) in [5, 5.41) is 3.36. The van der Waals surface area contributed by atoms with Gasteiger partial charge in [-0.15, -0.1) is 0 Å². The van der Waals surface area contributed by atoms with Crippen molar-refractivity contribution in [3.05, 3.63) is 11.9 Å². The second kappa shape index (κ2) is 2.51. The fourth-order valence-electron chi connectivity index (χ4n) is 1.86. The van der Waals surface area contributed by atoms with E-state index < -0.39 is 0 Å². The first-order chi connectivity index (χ1) is 5.66. The first-order valence-corrected chi connectivity index (χ1v) is 4.49. The molecule has 0 bridgehead atoms. The van der Waals surface area contributed by atoms with Crippen LogP contribution < -0.4 is 5.32 Å². The highest BCUT2D eigenvalue weighted by atomic mass is 15.2. The molecule has 0 aromatic carbocycles. The van der Waals surface area contributed by atoms with Gasteiger partial charge in [-0.25, -0.2) is 4.98 Å². The number of aryl methyl sites for hydroxylation is 1. The molecule has 3 heteroatoms. The highest BCUT2D eigenvalue weighted by Gasteiger charge is 2.20. The summed E-state index contributed by atoms with van der Waals surface area (Å²) in [6.45, 7) is 6.47. The minimum atomic E-state index is 0.550. The third kappa shape index (κ3) is 1.09. The quantitative estimate of drug-likeness (QED) is 0.637. The van der Waals surface area contributed by atoms with Crippen molar-refractivity contribution < 1.29 is 0 Å². The normalized spacial score (nSPS) is 27.9. The van der Waals surface area contributed by atoms with Crippen LogP contribution in [0.15, 0.2) is 6.20 Å². The van der Waals surface area contributed by atoms with E-state index in [1.807, 2.05) is 6.92 Å². The van der Waals surface area contributed by atoms with Crippen LogP contribution in [0.3, 0.4) is 0 Å². The molecule has 2 rings (SSSR count). The van der Waals surface area contributed by atoms with Gasteiger partial charge >= 0.3 is 0 Å². The van der Waals surface area contributed by atoms with Crippen LogP contribution in [-0.4, -0.2) is 15.6 Å². The molecule has 66 valence electrons. The molecule has 12 heavy (non-hydrogen) atoms. The summed E-state index contributed by atoms with van der Waals surface area (Å²) in [4.78, 5) is 4.40. The second-order valence-electron chi connectivity index (χ2n) is 3.74. The number of aromatic nitrogens is 2. The van der Waals surface area contributed by atoms with Crippen molar-refractivity contribution >= 4 is 5.95 Å². The van der Waals surface area contributed by atoms with E-state index in [1.54, 1.807) is 0 Å². The summed E-state index contributed by atoms with van der Waals surface area (Å²) in [5.41, 5.74) is 1.10. The Bertz CT molecular complexity index is 290. The standard InChI is InChI=1S/C9H15N3/c1-6-4-8(3)12-5-7(2)11-9(12)10-6/h5-6,8H,4H2,1-3H3,(H,10,11). The Morgan fingerprint density at radius 2 is 2.33 bits per heavy atom. The van der Waals surface area contributed by atoms with Gasteiger partial charge in [0, 0.05) is 18.3 Å². The van der Waals surface area contributed by atoms with Crippen molar-refractivity contribution in [3.8, 4) is 0 Å². The molecule has 0 saturated heterocycles. The lowest BCUT2D eigenvalue weighted by molar-refractivity contribution is 0.449. The van der Waals surface area contributed by atoms with Gasteiger partial charge in [0.05, 0.1) is 5.69 Å². The third-order valence-electron chi connectivity index (χ3n) is 2.40. The topological polar surface area (TPSA) is 29.9 Å². The third-order valence-corrected chi connectivity index (χ3v) is 2.40. The Kier molecular flexibility index (Phi) is 1.60. The van der Waals surface area contributed by atoms with Crippen molar-refractivity contribution in [2.75, 3.05) is 5.32 Å². The van der Waals surface area contributed by atoms with E-state index in [2.05, 4.69) is 34.9 Å². The van der Waals surface area contributed by atoms with Crippen molar-refractivity contribution in [1.29, 1.82) is 0 Å². The molecule has 1 aliphatic rings. The molecule has 3 nitrogen and oxygen atoms in total. The first kappa shape index (κ1) is 7.65. The smallest absolute Gasteiger partial charge is 0.203 e. The number of fused-ring (bicyclic) bond motifs is 1. The van der Waals surface area contributed by atoms with Crippen LogP contribution in [0.25, 0.3) is 0 Å². The van der Waals surface area contributed by atoms with E-state index in [0.29, 0.717) is 12.1 Å². The number of imidazole rings is 1. The maximum absolute atomic E-state index is 4.40. The summed E-state index contributed by atoms with van der Waals surface area (Å²) >= 11 is 0. The first-order valence-electron chi connectivity index (χ1n) is 4.49. The molecular formula is C9H15N3. The maximum Gasteiger partial charge on any atom is 0.203 e. The fourth-order valence-corrected chi connectivity index (χ4v) is 1.86. The van der Waals surface area contributed by atoms with E-state index in [-0.39, 0.29) is 0 Å². The Labute approximate surface area is 72.8 Å². The molecule has 1 aromatic rings. The van der Waals surface area contributed by atoms with Crippen LogP contribution >= 0.6 is 0 Å². The number of hydrogen-bond acceptors (Lipinski definition) is 2. The Balaban J connectivity index is 2.40. The van der Waals surface area contributed by atoms with Gasteiger partial charge in [0.2, 0.25) is 5.95 Å². The van der Waals surface area contributed by atoms with Gasteiger partial charge in [-0.05, 0) is 27.2 Å². The predicted octanol–water partition coefficient (Wildman–Crippen LogP) is 1.96. The van der Waals surface area contributed by atoms with Gasteiger partial charge in [-0.1, -0.05) is 0 Å². The van der Waals surface area contributed by atoms with Crippen LogP contribution in [0.4, 0.5) is 5.95 Å². The van der Waals surface area contributed by atoms with Crippen molar-refractivity contribution in [1.82, 2.24) is 9.55 Å². The zero-order valence-electron chi connectivity index (χ0n) is 7.83. The molecule has 1 N–H and O–H groups in total. The molecule has 0 radical (unpaired) electrons. The van der Waals surface area contributed by atoms with Gasteiger partial charge in [-0.2, -0.15) is 0 Å². The van der Waals surface area contributed by atoms with Crippen LogP contribution in [-0.2, 0) is 0 Å². The van der Waals surface area contributed by atoms with Gasteiger partial charge < -0.3 is 9.88 Å². The Morgan fingerprint density at radius 3 is 3.08 bits per heavy atom. The predicted molar refractivity (Wildman–Crippen MR) is 49.4 cm³/mol. The Morgan fingerprint density at radius 1 is 1.58 bits per heavy atom. The molecular weight excluding hydrogens is 150 g/mol. The summed E-state index contributed by atoms with van der Waals surface area (Å²) in [7, 11) is 0. The molecule has 0 fully saturated rings. The van der Waals surface area contributed by atoms with Gasteiger partial charge in [0.15, 0.2) is 0 Å². The number of nitrogens with zero attached hydrogens (tertiary/aromatic N) is 2. The average Bonchev–Trinajstić information content (AvgIpc) is 2.29. The largest absolute Gasteiger partial charge is 0.353 e. The molecule has 0 saturated carbocycles. The van der Waals surface area contributed by atoms with E-state index in [9.17, 15) is 0 Å². The zero-order chi connectivity index (χ0) is 8.72. The van der Waals surface area contributed by atoms with Crippen LogP contribution in [0, 0.1) is 6.92 Å². The highest BCUT2D eigenvalue weighted by molar-refractivity contribution is 5.32. The molecule has 2 atom stereocenters. The van der Waals surface area contributed by atoms with E-state index in [4.69, 9.17) is 0 Å². The van der Waals surface area contributed by atoms with Gasteiger partial charge in [0.25, 0.3) is 0 Å². The van der Waals surface area contributed by atoms with Gasteiger partial charge in [-0.3, -0.25) is 0 Å². The minimum absolute atomic E-state index is 0.550. The summed E-state index contributed by atoms with van der Waals surface area (Å²) in [6, 6.07) is 1.13. The summed E-state index contributed by atoms with van der Waals surface area (Å²) in [6.07, 6.45) is 3.29.